The van der Waals surface area contributed by atoms with E-state index in [2.05, 4.69) is 21.6 Å². The molecule has 0 radical (unpaired) electrons. The Morgan fingerprint density at radius 1 is 0.909 bits per heavy atom. The summed E-state index contributed by atoms with van der Waals surface area (Å²) in [5.74, 6) is -1.01. The van der Waals surface area contributed by atoms with Gasteiger partial charge in [-0.05, 0) is 54.8 Å². The summed E-state index contributed by atoms with van der Waals surface area (Å²) in [5, 5.41) is 5.42. The third kappa shape index (κ3) is 7.30. The van der Waals surface area contributed by atoms with E-state index in [1.165, 1.54) is 4.31 Å². The van der Waals surface area contributed by atoms with Gasteiger partial charge in [-0.1, -0.05) is 26.0 Å². The summed E-state index contributed by atoms with van der Waals surface area (Å²) in [6, 6.07) is 14.7. The van der Waals surface area contributed by atoms with Crippen LogP contribution in [0.5, 0.6) is 0 Å². The number of hydrogen-bond donors (Lipinski definition) is 2. The zero-order valence-electron chi connectivity index (χ0n) is 19.4. The van der Waals surface area contributed by atoms with Gasteiger partial charge in [0.2, 0.25) is 21.8 Å². The van der Waals surface area contributed by atoms with Crippen molar-refractivity contribution in [2.45, 2.75) is 27.2 Å². The molecule has 3 rings (SSSR count). The summed E-state index contributed by atoms with van der Waals surface area (Å²) in [7, 11) is -3.71. The molecule has 1 aliphatic rings. The van der Waals surface area contributed by atoms with Crippen molar-refractivity contribution >= 4 is 38.9 Å². The summed E-state index contributed by atoms with van der Waals surface area (Å²) in [4.78, 5) is 26.4. The lowest BCUT2D eigenvalue weighted by Crippen LogP contribution is -2.50. The molecule has 2 aromatic carbocycles. The first kappa shape index (κ1) is 24.7. The van der Waals surface area contributed by atoms with E-state index >= 15 is 0 Å². The van der Waals surface area contributed by atoms with Crippen LogP contribution in [0.1, 0.15) is 25.8 Å². The van der Waals surface area contributed by atoms with Gasteiger partial charge >= 0.3 is 0 Å². The van der Waals surface area contributed by atoms with Crippen molar-refractivity contribution in [2.75, 3.05) is 47.5 Å². The van der Waals surface area contributed by atoms with Gasteiger partial charge in [-0.3, -0.25) is 9.59 Å². The molecular formula is C24H32N4O4S. The Kier molecular flexibility index (Phi) is 8.10. The molecule has 9 heteroatoms. The van der Waals surface area contributed by atoms with Gasteiger partial charge in [-0.15, -0.1) is 0 Å². The number of aryl methyl sites for hydroxylation is 1. The minimum Gasteiger partial charge on any atom is -0.369 e. The minimum atomic E-state index is -3.71. The van der Waals surface area contributed by atoms with Crippen LogP contribution in [0.3, 0.4) is 0 Å². The Balaban J connectivity index is 1.50. The average Bonchev–Trinajstić information content (AvgIpc) is 2.74. The van der Waals surface area contributed by atoms with Crippen molar-refractivity contribution in [3.63, 3.8) is 0 Å². The van der Waals surface area contributed by atoms with Crippen LogP contribution < -0.4 is 15.5 Å². The highest BCUT2D eigenvalue weighted by molar-refractivity contribution is 7.89. The molecule has 0 aliphatic carbocycles. The zero-order valence-corrected chi connectivity index (χ0v) is 20.2. The highest BCUT2D eigenvalue weighted by Gasteiger charge is 2.29. The van der Waals surface area contributed by atoms with E-state index in [4.69, 9.17) is 0 Å². The second-order valence-electron chi connectivity index (χ2n) is 8.75. The van der Waals surface area contributed by atoms with E-state index in [1.807, 2.05) is 39.0 Å². The smallest absolute Gasteiger partial charge is 0.241 e. The quantitative estimate of drug-likeness (QED) is 0.615. The summed E-state index contributed by atoms with van der Waals surface area (Å²) in [6.45, 7) is 7.80. The third-order valence-corrected chi connectivity index (χ3v) is 7.14. The molecule has 1 aliphatic heterocycles. The summed E-state index contributed by atoms with van der Waals surface area (Å²) >= 11 is 0. The molecule has 1 heterocycles. The van der Waals surface area contributed by atoms with Crippen molar-refractivity contribution in [3.8, 4) is 0 Å². The SMILES string of the molecule is Cc1cccc(N2CCN(S(=O)(=O)CC(=O)Nc3ccc(NC(=O)CC(C)C)cc3)CC2)c1. The van der Waals surface area contributed by atoms with Gasteiger partial charge in [0.25, 0.3) is 0 Å². The van der Waals surface area contributed by atoms with Crippen molar-refractivity contribution in [1.29, 1.82) is 0 Å². The number of nitrogens with one attached hydrogen (secondary N) is 2. The van der Waals surface area contributed by atoms with E-state index in [0.29, 0.717) is 44.0 Å². The summed E-state index contributed by atoms with van der Waals surface area (Å²) in [5.41, 5.74) is 3.33. The molecule has 0 aromatic heterocycles. The lowest BCUT2D eigenvalue weighted by molar-refractivity contribution is -0.117. The molecule has 0 saturated carbocycles. The zero-order chi connectivity index (χ0) is 24.0. The van der Waals surface area contributed by atoms with E-state index in [1.54, 1.807) is 24.3 Å². The fourth-order valence-corrected chi connectivity index (χ4v) is 5.03. The topological polar surface area (TPSA) is 98.8 Å². The maximum absolute atomic E-state index is 12.7. The van der Waals surface area contributed by atoms with Gasteiger partial charge in [-0.25, -0.2) is 8.42 Å². The predicted molar refractivity (Wildman–Crippen MR) is 132 cm³/mol. The fourth-order valence-electron chi connectivity index (χ4n) is 3.72. The Bertz CT molecular complexity index is 1080. The van der Waals surface area contributed by atoms with Crippen LogP contribution in [0.4, 0.5) is 17.1 Å². The van der Waals surface area contributed by atoms with Crippen LogP contribution in [-0.2, 0) is 19.6 Å². The van der Waals surface area contributed by atoms with E-state index < -0.39 is 21.7 Å². The average molecular weight is 473 g/mol. The van der Waals surface area contributed by atoms with Crippen LogP contribution in [0.25, 0.3) is 0 Å². The largest absolute Gasteiger partial charge is 0.369 e. The van der Waals surface area contributed by atoms with Crippen molar-refractivity contribution in [3.05, 3.63) is 54.1 Å². The predicted octanol–water partition coefficient (Wildman–Crippen LogP) is 3.07. The number of piperazine rings is 1. The molecule has 2 aromatic rings. The standard InChI is InChI=1S/C24H32N4O4S/c1-18(2)15-23(29)25-20-7-9-21(10-8-20)26-24(30)17-33(31,32)28-13-11-27(12-14-28)22-6-4-5-19(3)16-22/h4-10,16,18H,11-15,17H2,1-3H3,(H,25,29)(H,26,30). The third-order valence-electron chi connectivity index (χ3n) is 5.36. The molecule has 0 spiro atoms. The monoisotopic (exact) mass is 472 g/mol. The van der Waals surface area contributed by atoms with Crippen LogP contribution >= 0.6 is 0 Å². The Morgan fingerprint density at radius 3 is 2.03 bits per heavy atom. The van der Waals surface area contributed by atoms with Gasteiger partial charge in [-0.2, -0.15) is 4.31 Å². The normalized spacial score (nSPS) is 14.8. The second-order valence-corrected chi connectivity index (χ2v) is 10.7. The Hall–Kier alpha value is -2.91. The number of carbonyl (C=O) groups is 2. The van der Waals surface area contributed by atoms with E-state index in [-0.39, 0.29) is 11.8 Å². The number of benzene rings is 2. The van der Waals surface area contributed by atoms with Crippen LogP contribution in [0, 0.1) is 12.8 Å². The molecule has 0 atom stereocenters. The number of carbonyl (C=O) groups excluding carboxylic acids is 2. The molecule has 0 bridgehead atoms. The van der Waals surface area contributed by atoms with Gasteiger partial charge < -0.3 is 15.5 Å². The van der Waals surface area contributed by atoms with Gasteiger partial charge in [0.05, 0.1) is 0 Å². The van der Waals surface area contributed by atoms with Crippen LogP contribution in [0.15, 0.2) is 48.5 Å². The maximum Gasteiger partial charge on any atom is 0.241 e. The molecule has 178 valence electrons. The lowest BCUT2D eigenvalue weighted by Gasteiger charge is -2.35. The number of rotatable bonds is 8. The molecule has 1 fully saturated rings. The van der Waals surface area contributed by atoms with Crippen molar-refractivity contribution in [1.82, 2.24) is 4.31 Å². The lowest BCUT2D eigenvalue weighted by atomic mass is 10.1. The first-order valence-corrected chi connectivity index (χ1v) is 12.7. The molecule has 0 unspecified atom stereocenters. The molecule has 8 nitrogen and oxygen atoms in total. The fraction of sp³-hybridized carbons (Fsp3) is 0.417. The number of anilines is 3. The molecule has 2 amide bonds. The Morgan fingerprint density at radius 2 is 1.48 bits per heavy atom. The number of hydrogen-bond acceptors (Lipinski definition) is 5. The summed E-state index contributed by atoms with van der Waals surface area (Å²) < 4.78 is 26.9. The van der Waals surface area contributed by atoms with Gasteiger partial charge in [0.15, 0.2) is 0 Å². The van der Waals surface area contributed by atoms with Gasteiger partial charge in [0.1, 0.15) is 5.75 Å². The van der Waals surface area contributed by atoms with Crippen molar-refractivity contribution < 1.29 is 18.0 Å². The number of sulfonamides is 1. The first-order valence-electron chi connectivity index (χ1n) is 11.1. The van der Waals surface area contributed by atoms with Crippen LogP contribution in [0.2, 0.25) is 0 Å². The maximum atomic E-state index is 12.7. The van der Waals surface area contributed by atoms with E-state index in [0.717, 1.165) is 11.3 Å². The van der Waals surface area contributed by atoms with Crippen molar-refractivity contribution in [2.24, 2.45) is 5.92 Å². The van der Waals surface area contributed by atoms with E-state index in [9.17, 15) is 18.0 Å². The van der Waals surface area contributed by atoms with Crippen LogP contribution in [-0.4, -0.2) is 56.5 Å². The molecule has 33 heavy (non-hydrogen) atoms. The Labute approximate surface area is 196 Å². The molecule has 2 N–H and O–H groups in total. The molecule has 1 saturated heterocycles. The minimum absolute atomic E-state index is 0.0737. The van der Waals surface area contributed by atoms with Gasteiger partial charge in [0, 0.05) is 49.7 Å². The summed E-state index contributed by atoms with van der Waals surface area (Å²) in [6.07, 6.45) is 0.426. The number of amides is 2. The first-order chi connectivity index (χ1) is 15.6. The second kappa shape index (κ2) is 10.8. The highest BCUT2D eigenvalue weighted by atomic mass is 32.2. The molecular weight excluding hydrogens is 440 g/mol. The highest BCUT2D eigenvalue weighted by Crippen LogP contribution is 2.19. The number of nitrogens with zero attached hydrogens (tertiary/aromatic N) is 2.